The Morgan fingerprint density at radius 2 is 2.27 bits per heavy atom. The van der Waals surface area contributed by atoms with E-state index in [1.165, 1.54) is 11.3 Å². The number of aryl methyl sites for hydroxylation is 1. The predicted octanol–water partition coefficient (Wildman–Crippen LogP) is 0.637. The number of likely N-dealkylation sites (N-methyl/N-ethyl adjacent to an activating group) is 1. The summed E-state index contributed by atoms with van der Waals surface area (Å²) in [6, 6.07) is 0. The van der Waals surface area contributed by atoms with Gasteiger partial charge in [0.1, 0.15) is 0 Å². The first kappa shape index (κ1) is 6.85. The van der Waals surface area contributed by atoms with Crippen LogP contribution in [0.3, 0.4) is 0 Å². The van der Waals surface area contributed by atoms with Crippen LogP contribution in [0.4, 0.5) is 0 Å². The summed E-state index contributed by atoms with van der Waals surface area (Å²) in [7, 11) is 2.15. The highest BCUT2D eigenvalue weighted by atomic mass is 15.3. The van der Waals surface area contributed by atoms with Gasteiger partial charge in [-0.3, -0.25) is 9.58 Å². The van der Waals surface area contributed by atoms with Crippen LogP contribution in [0.1, 0.15) is 11.3 Å². The van der Waals surface area contributed by atoms with E-state index in [9.17, 15) is 0 Å². The van der Waals surface area contributed by atoms with Gasteiger partial charge < -0.3 is 0 Å². The second-order valence-electron chi connectivity index (χ2n) is 3.24. The molecule has 0 aliphatic carbocycles. The molecule has 0 unspecified atom stereocenters. The smallest absolute Gasteiger partial charge is 0.0553 e. The van der Waals surface area contributed by atoms with Gasteiger partial charge in [-0.2, -0.15) is 5.10 Å². The number of hydrogen-bond acceptors (Lipinski definition) is 2. The van der Waals surface area contributed by atoms with E-state index in [-0.39, 0.29) is 0 Å². The number of aromatic nitrogens is 2. The number of nitrogens with zero attached hydrogens (tertiary/aromatic N) is 3. The molecule has 3 nitrogen and oxygen atoms in total. The molecule has 0 amide bonds. The molecule has 1 aromatic heterocycles. The Morgan fingerprint density at radius 3 is 3.09 bits per heavy atom. The van der Waals surface area contributed by atoms with Crippen molar-refractivity contribution in [2.24, 2.45) is 0 Å². The predicted molar refractivity (Wildman–Crippen MR) is 43.3 cm³/mol. The van der Waals surface area contributed by atoms with Gasteiger partial charge in [-0.15, -0.1) is 0 Å². The molecule has 60 valence electrons. The molecule has 11 heavy (non-hydrogen) atoms. The molecule has 0 aromatic carbocycles. The second kappa shape index (κ2) is 2.34. The van der Waals surface area contributed by atoms with Crippen molar-refractivity contribution < 1.29 is 0 Å². The lowest BCUT2D eigenvalue weighted by Gasteiger charge is -2.23. The SMILES string of the molecule is Cc1cnn2c1CN(C)CC2. The van der Waals surface area contributed by atoms with E-state index in [1.807, 2.05) is 6.20 Å². The molecule has 1 aliphatic heterocycles. The summed E-state index contributed by atoms with van der Waals surface area (Å²) >= 11 is 0. The Morgan fingerprint density at radius 1 is 1.45 bits per heavy atom. The van der Waals surface area contributed by atoms with E-state index >= 15 is 0 Å². The van der Waals surface area contributed by atoms with Crippen LogP contribution >= 0.6 is 0 Å². The van der Waals surface area contributed by atoms with Crippen LogP contribution in [0.15, 0.2) is 6.20 Å². The number of rotatable bonds is 0. The summed E-state index contributed by atoms with van der Waals surface area (Å²) in [6.45, 7) is 5.33. The maximum Gasteiger partial charge on any atom is 0.0553 e. The minimum Gasteiger partial charge on any atom is -0.299 e. The molecular weight excluding hydrogens is 138 g/mol. The van der Waals surface area contributed by atoms with Crippen molar-refractivity contribution in [2.45, 2.75) is 20.0 Å². The molecule has 2 heterocycles. The summed E-state index contributed by atoms with van der Waals surface area (Å²) in [5.74, 6) is 0. The van der Waals surface area contributed by atoms with E-state index in [2.05, 4.69) is 28.7 Å². The molecule has 0 bridgehead atoms. The average Bonchev–Trinajstić information content (AvgIpc) is 2.33. The zero-order chi connectivity index (χ0) is 7.84. The highest BCUT2D eigenvalue weighted by molar-refractivity contribution is 5.16. The van der Waals surface area contributed by atoms with Crippen LogP contribution in [0.25, 0.3) is 0 Å². The highest BCUT2D eigenvalue weighted by Crippen LogP contribution is 2.13. The highest BCUT2D eigenvalue weighted by Gasteiger charge is 2.14. The molecule has 1 aliphatic rings. The first-order valence-corrected chi connectivity index (χ1v) is 3.97. The Hall–Kier alpha value is -0.830. The van der Waals surface area contributed by atoms with Crippen molar-refractivity contribution in [3.63, 3.8) is 0 Å². The van der Waals surface area contributed by atoms with Crippen molar-refractivity contribution in [1.29, 1.82) is 0 Å². The summed E-state index contributed by atoms with van der Waals surface area (Å²) in [5.41, 5.74) is 2.69. The summed E-state index contributed by atoms with van der Waals surface area (Å²) in [5, 5.41) is 4.28. The Labute approximate surface area is 66.6 Å². The lowest BCUT2D eigenvalue weighted by molar-refractivity contribution is 0.258. The first-order chi connectivity index (χ1) is 5.27. The van der Waals surface area contributed by atoms with Crippen molar-refractivity contribution in [3.05, 3.63) is 17.5 Å². The first-order valence-electron chi connectivity index (χ1n) is 3.97. The fourth-order valence-electron chi connectivity index (χ4n) is 1.50. The third kappa shape index (κ3) is 1.05. The van der Waals surface area contributed by atoms with Gasteiger partial charge >= 0.3 is 0 Å². The molecule has 1 aromatic rings. The zero-order valence-corrected chi connectivity index (χ0v) is 7.04. The van der Waals surface area contributed by atoms with Crippen LogP contribution in [-0.2, 0) is 13.1 Å². The van der Waals surface area contributed by atoms with Gasteiger partial charge in [0.2, 0.25) is 0 Å². The molecule has 0 spiro atoms. The van der Waals surface area contributed by atoms with Gasteiger partial charge in [0.05, 0.1) is 18.4 Å². The van der Waals surface area contributed by atoms with Gasteiger partial charge in [0.15, 0.2) is 0 Å². The van der Waals surface area contributed by atoms with Crippen molar-refractivity contribution >= 4 is 0 Å². The second-order valence-corrected chi connectivity index (χ2v) is 3.24. The molecule has 0 radical (unpaired) electrons. The number of hydrogen-bond donors (Lipinski definition) is 0. The quantitative estimate of drug-likeness (QED) is 0.542. The maximum atomic E-state index is 4.28. The van der Waals surface area contributed by atoms with E-state index < -0.39 is 0 Å². The largest absolute Gasteiger partial charge is 0.299 e. The van der Waals surface area contributed by atoms with Crippen LogP contribution in [-0.4, -0.2) is 28.3 Å². The summed E-state index contributed by atoms with van der Waals surface area (Å²) in [6.07, 6.45) is 1.95. The lowest BCUT2D eigenvalue weighted by Crippen LogP contribution is -2.30. The zero-order valence-electron chi connectivity index (χ0n) is 7.04. The summed E-state index contributed by atoms with van der Waals surface area (Å²) < 4.78 is 2.11. The van der Waals surface area contributed by atoms with Gasteiger partial charge in [-0.1, -0.05) is 0 Å². The van der Waals surface area contributed by atoms with Gasteiger partial charge in [-0.05, 0) is 19.5 Å². The van der Waals surface area contributed by atoms with E-state index in [1.54, 1.807) is 0 Å². The van der Waals surface area contributed by atoms with Crippen LogP contribution < -0.4 is 0 Å². The summed E-state index contributed by atoms with van der Waals surface area (Å²) in [4.78, 5) is 2.32. The molecule has 0 fully saturated rings. The topological polar surface area (TPSA) is 21.1 Å². The molecule has 0 saturated carbocycles. The fraction of sp³-hybridized carbons (Fsp3) is 0.625. The van der Waals surface area contributed by atoms with E-state index in [0.717, 1.165) is 19.6 Å². The normalized spacial score (nSPS) is 18.4. The van der Waals surface area contributed by atoms with Crippen molar-refractivity contribution in [2.75, 3.05) is 13.6 Å². The van der Waals surface area contributed by atoms with E-state index in [0.29, 0.717) is 0 Å². The number of fused-ring (bicyclic) bond motifs is 1. The van der Waals surface area contributed by atoms with Crippen LogP contribution in [0, 0.1) is 6.92 Å². The Kier molecular flexibility index (Phi) is 1.46. The monoisotopic (exact) mass is 151 g/mol. The van der Waals surface area contributed by atoms with Crippen molar-refractivity contribution in [1.82, 2.24) is 14.7 Å². The minimum atomic E-state index is 1.04. The Balaban J connectivity index is 2.37. The standard InChI is InChI=1S/C8H13N3/c1-7-5-9-11-4-3-10(2)6-8(7)11/h5H,3-4,6H2,1-2H3. The van der Waals surface area contributed by atoms with Gasteiger partial charge in [0, 0.05) is 13.1 Å². The van der Waals surface area contributed by atoms with Gasteiger partial charge in [0.25, 0.3) is 0 Å². The lowest BCUT2D eigenvalue weighted by atomic mass is 10.2. The maximum absolute atomic E-state index is 4.28. The van der Waals surface area contributed by atoms with Crippen LogP contribution in [0.2, 0.25) is 0 Å². The third-order valence-corrected chi connectivity index (χ3v) is 2.27. The molecule has 2 rings (SSSR count). The van der Waals surface area contributed by atoms with E-state index in [4.69, 9.17) is 0 Å². The van der Waals surface area contributed by atoms with Gasteiger partial charge in [-0.25, -0.2) is 0 Å². The fourth-order valence-corrected chi connectivity index (χ4v) is 1.50. The Bertz CT molecular complexity index is 264. The molecule has 0 saturated heterocycles. The minimum absolute atomic E-state index is 1.04. The molecule has 0 N–H and O–H groups in total. The molecular formula is C8H13N3. The van der Waals surface area contributed by atoms with Crippen molar-refractivity contribution in [3.8, 4) is 0 Å². The van der Waals surface area contributed by atoms with Crippen LogP contribution in [0.5, 0.6) is 0 Å². The average molecular weight is 151 g/mol. The third-order valence-electron chi connectivity index (χ3n) is 2.27. The molecule has 0 atom stereocenters. The molecule has 3 heteroatoms.